The quantitative estimate of drug-likeness (QED) is 0.104. The fourth-order valence-corrected chi connectivity index (χ4v) is 6.68. The Morgan fingerprint density at radius 1 is 1.20 bits per heavy atom. The fourth-order valence-electron chi connectivity index (χ4n) is 5.14. The van der Waals surface area contributed by atoms with E-state index in [0.717, 1.165) is 21.0 Å². The zero-order chi connectivity index (χ0) is 33.1. The van der Waals surface area contributed by atoms with Crippen LogP contribution in [0.1, 0.15) is 32.6 Å². The van der Waals surface area contributed by atoms with Crippen LogP contribution in [0, 0.1) is 5.92 Å². The van der Waals surface area contributed by atoms with Gasteiger partial charge in [0.25, 0.3) is 0 Å². The minimum Gasteiger partial charge on any atom is -0.464 e. The zero-order valence-electron chi connectivity index (χ0n) is 25.6. The number of hydrogen-bond donors (Lipinski definition) is 5. The normalized spacial score (nSPS) is 23.3. The maximum atomic E-state index is 14.4. The van der Waals surface area contributed by atoms with Gasteiger partial charge in [-0.2, -0.15) is 4.98 Å². The van der Waals surface area contributed by atoms with Crippen LogP contribution in [0.25, 0.3) is 10.9 Å². The molecule has 6 atom stereocenters. The molecule has 1 saturated heterocycles. The Bertz CT molecular complexity index is 1760. The average Bonchev–Trinajstić information content (AvgIpc) is 3.52. The molecular weight excluding hydrogens is 617 g/mol. The van der Waals surface area contributed by atoms with Crippen LogP contribution in [0.2, 0.25) is 0 Å². The molecule has 0 radical (unpaired) electrons. The first-order valence-electron chi connectivity index (χ1n) is 14.8. The molecule has 1 aliphatic rings. The van der Waals surface area contributed by atoms with Crippen molar-refractivity contribution in [2.24, 2.45) is 5.92 Å². The van der Waals surface area contributed by atoms with Crippen molar-refractivity contribution in [2.45, 2.75) is 57.3 Å². The molecule has 1 unspecified atom stereocenters. The van der Waals surface area contributed by atoms with E-state index >= 15 is 0 Å². The number of rotatable bonds is 13. The Labute approximate surface area is 265 Å². The maximum Gasteiger partial charge on any atom is 0.459 e. The molecule has 0 amide bonds. The summed E-state index contributed by atoms with van der Waals surface area (Å²) in [6.07, 6.45) is -0.784. The van der Waals surface area contributed by atoms with Crippen molar-refractivity contribution >= 4 is 30.4 Å². The summed E-state index contributed by atoms with van der Waals surface area (Å²) < 4.78 is 38.6. The van der Waals surface area contributed by atoms with Crippen molar-refractivity contribution in [2.75, 3.05) is 18.9 Å². The summed E-state index contributed by atoms with van der Waals surface area (Å²) in [4.78, 5) is 31.8. The van der Waals surface area contributed by atoms with Crippen LogP contribution in [0.4, 0.5) is 5.82 Å². The van der Waals surface area contributed by atoms with Gasteiger partial charge >= 0.3 is 19.4 Å². The number of nitrogens with zero attached hydrogens (tertiary/aromatic N) is 2. The number of carbonyl (C=O) groups excluding carboxylic acids is 1. The first-order valence-corrected chi connectivity index (χ1v) is 16.3. The minimum absolute atomic E-state index is 0.0225. The van der Waals surface area contributed by atoms with Crippen LogP contribution < -0.4 is 21.0 Å². The number of para-hydroxylation sites is 2. The Morgan fingerprint density at radius 2 is 1.91 bits per heavy atom. The highest BCUT2D eigenvalue weighted by Gasteiger charge is 2.54. The third-order valence-corrected chi connectivity index (χ3v) is 9.24. The molecule has 6 N–H and O–H groups in total. The average molecular weight is 656 g/mol. The van der Waals surface area contributed by atoms with Crippen molar-refractivity contribution in [1.29, 1.82) is 0 Å². The number of aromatic amines is 1. The molecule has 14 nitrogen and oxygen atoms in total. The zero-order valence-corrected chi connectivity index (χ0v) is 26.5. The number of hydrogen-bond acceptors (Lipinski definition) is 11. The maximum absolute atomic E-state index is 14.4. The second-order valence-corrected chi connectivity index (χ2v) is 13.3. The largest absolute Gasteiger partial charge is 0.464 e. The van der Waals surface area contributed by atoms with Gasteiger partial charge in [-0.25, -0.2) is 14.4 Å². The number of aliphatic hydroxyl groups excluding tert-OH is 1. The molecule has 4 aromatic rings. The van der Waals surface area contributed by atoms with Crippen LogP contribution >= 0.6 is 7.75 Å². The topological polar surface area (TPSA) is 200 Å². The molecule has 1 fully saturated rings. The van der Waals surface area contributed by atoms with Crippen molar-refractivity contribution in [3.63, 3.8) is 0 Å². The SMILES string of the molecule is CC(C)C(=O)OC[C@H](Cc1c[nH]c2ccccc12)NP(=O)(OC[C@H]1O[C@@H](n2ccc(N)nc2=O)[C@](C)(O)[C@@H]1O)Oc1ccccc1. The molecule has 3 heterocycles. The number of esters is 1. The van der Waals surface area contributed by atoms with Gasteiger partial charge in [0.1, 0.15) is 36.0 Å². The van der Waals surface area contributed by atoms with E-state index in [1.807, 2.05) is 30.5 Å². The van der Waals surface area contributed by atoms with E-state index in [-0.39, 0.29) is 30.5 Å². The Hall–Kier alpha value is -4.04. The Morgan fingerprint density at radius 3 is 2.63 bits per heavy atom. The molecule has 2 aromatic carbocycles. The summed E-state index contributed by atoms with van der Waals surface area (Å²) in [7, 11) is -4.31. The van der Waals surface area contributed by atoms with E-state index in [9.17, 15) is 24.4 Å². The molecule has 0 aliphatic carbocycles. The number of nitrogen functional groups attached to an aromatic ring is 1. The van der Waals surface area contributed by atoms with Crippen molar-refractivity contribution in [3.8, 4) is 5.75 Å². The summed E-state index contributed by atoms with van der Waals surface area (Å²) in [6, 6.07) is 16.6. The second kappa shape index (κ2) is 13.8. The fraction of sp³-hybridized carbons (Fsp3) is 0.387. The molecule has 2 aromatic heterocycles. The number of aliphatic hydroxyl groups is 2. The highest BCUT2D eigenvalue weighted by molar-refractivity contribution is 7.52. The van der Waals surface area contributed by atoms with Crippen LogP contribution in [-0.4, -0.2) is 67.8 Å². The molecule has 15 heteroatoms. The van der Waals surface area contributed by atoms with E-state index in [2.05, 4.69) is 15.1 Å². The number of fused-ring (bicyclic) bond motifs is 1. The molecule has 1 aliphatic heterocycles. The summed E-state index contributed by atoms with van der Waals surface area (Å²) in [5.74, 6) is -0.622. The van der Waals surface area contributed by atoms with Gasteiger partial charge in [-0.1, -0.05) is 50.2 Å². The second-order valence-electron chi connectivity index (χ2n) is 11.6. The van der Waals surface area contributed by atoms with E-state index < -0.39 is 56.1 Å². The van der Waals surface area contributed by atoms with E-state index in [0.29, 0.717) is 0 Å². The summed E-state index contributed by atoms with van der Waals surface area (Å²) >= 11 is 0. The third kappa shape index (κ3) is 7.49. The molecule has 0 saturated carbocycles. The van der Waals surface area contributed by atoms with Gasteiger partial charge in [-0.3, -0.25) is 13.9 Å². The Balaban J connectivity index is 1.40. The Kier molecular flexibility index (Phi) is 9.96. The molecule has 0 bridgehead atoms. The standard InChI is InChI=1S/C31H38N5O9P/c1-19(2)28(38)42-17-21(15-20-16-33-24-12-8-7-11-23(20)24)35-46(41,45-22-9-5-4-6-10-22)43-18-25-27(37)31(3,40)29(44-25)36-14-13-26(32)34-30(36)39/h4-14,16,19,21,25,27,29,33,37,40H,15,17-18H2,1-3H3,(H,35,41)(H2,32,34,39)/t21-,25+,27+,29+,31+,46?/m0/s1. The molecule has 46 heavy (non-hydrogen) atoms. The number of anilines is 1. The van der Waals surface area contributed by atoms with Gasteiger partial charge in [0.15, 0.2) is 6.23 Å². The lowest BCUT2D eigenvalue weighted by molar-refractivity contribution is -0.148. The van der Waals surface area contributed by atoms with E-state index in [1.165, 1.54) is 19.2 Å². The predicted octanol–water partition coefficient (Wildman–Crippen LogP) is 2.92. The van der Waals surface area contributed by atoms with Crippen molar-refractivity contribution in [3.05, 3.63) is 89.1 Å². The van der Waals surface area contributed by atoms with Gasteiger partial charge in [0.2, 0.25) is 0 Å². The lowest BCUT2D eigenvalue weighted by Crippen LogP contribution is -2.46. The first-order chi connectivity index (χ1) is 21.9. The summed E-state index contributed by atoms with van der Waals surface area (Å²) in [5, 5.41) is 26.0. The minimum atomic E-state index is -4.31. The highest BCUT2D eigenvalue weighted by atomic mass is 31.2. The van der Waals surface area contributed by atoms with Gasteiger partial charge in [0, 0.05) is 23.3 Å². The molecule has 0 spiro atoms. The van der Waals surface area contributed by atoms with Crippen LogP contribution in [-0.2, 0) is 29.8 Å². The van der Waals surface area contributed by atoms with Crippen LogP contribution in [0.15, 0.2) is 77.9 Å². The number of nitrogens with two attached hydrogens (primary N) is 1. The number of ether oxygens (including phenoxy) is 2. The number of carbonyl (C=O) groups is 1. The number of H-pyrrole nitrogens is 1. The van der Waals surface area contributed by atoms with Crippen LogP contribution in [0.3, 0.4) is 0 Å². The monoisotopic (exact) mass is 655 g/mol. The lowest BCUT2D eigenvalue weighted by atomic mass is 9.96. The molecule has 246 valence electrons. The summed E-state index contributed by atoms with van der Waals surface area (Å²) in [6.45, 7) is 4.03. The third-order valence-electron chi connectivity index (χ3n) is 7.62. The first kappa shape index (κ1) is 33.3. The van der Waals surface area contributed by atoms with Gasteiger partial charge < -0.3 is 34.9 Å². The highest BCUT2D eigenvalue weighted by Crippen LogP contribution is 2.47. The van der Waals surface area contributed by atoms with E-state index in [4.69, 9.17) is 24.3 Å². The molecule has 5 rings (SSSR count). The molecular formula is C31H38N5O9P. The number of benzene rings is 2. The van der Waals surface area contributed by atoms with Crippen LogP contribution in [0.5, 0.6) is 5.75 Å². The summed E-state index contributed by atoms with van der Waals surface area (Å²) in [5.41, 5.74) is 4.61. The van der Waals surface area contributed by atoms with Gasteiger partial charge in [0.05, 0.1) is 18.6 Å². The number of aromatic nitrogens is 3. The number of nitrogens with one attached hydrogen (secondary N) is 2. The lowest BCUT2D eigenvalue weighted by Gasteiger charge is -2.28. The van der Waals surface area contributed by atoms with Gasteiger partial charge in [-0.05, 0) is 43.2 Å². The predicted molar refractivity (Wildman–Crippen MR) is 169 cm³/mol. The van der Waals surface area contributed by atoms with E-state index in [1.54, 1.807) is 44.2 Å². The van der Waals surface area contributed by atoms with Crippen molar-refractivity contribution < 1.29 is 38.1 Å². The van der Waals surface area contributed by atoms with Crippen molar-refractivity contribution in [1.82, 2.24) is 19.6 Å². The smallest absolute Gasteiger partial charge is 0.459 e. The van der Waals surface area contributed by atoms with Gasteiger partial charge in [-0.15, -0.1) is 0 Å².